The standard InChI is InChI=1S/C13H19BrN2O2/c1-13(2,3)18-12(17)16-8-9-4-5-11(14)6-10(9)7-15/h4-6H,7-8,15H2,1-3H3,(H,16,17). The number of carbonyl (C=O) groups is 1. The molecule has 100 valence electrons. The summed E-state index contributed by atoms with van der Waals surface area (Å²) in [6.07, 6.45) is -0.423. The van der Waals surface area contributed by atoms with E-state index >= 15 is 0 Å². The van der Waals surface area contributed by atoms with Crippen LogP contribution in [0, 0.1) is 0 Å². The SMILES string of the molecule is CC(C)(C)OC(=O)NCc1ccc(Br)cc1CN. The number of ether oxygens (including phenoxy) is 1. The molecule has 0 fully saturated rings. The van der Waals surface area contributed by atoms with Gasteiger partial charge < -0.3 is 15.8 Å². The Morgan fingerprint density at radius 2 is 2.06 bits per heavy atom. The summed E-state index contributed by atoms with van der Waals surface area (Å²) in [5.74, 6) is 0. The van der Waals surface area contributed by atoms with Crippen LogP contribution in [0.5, 0.6) is 0 Å². The van der Waals surface area contributed by atoms with Gasteiger partial charge in [-0.05, 0) is 44.0 Å². The van der Waals surface area contributed by atoms with Gasteiger partial charge >= 0.3 is 6.09 Å². The minimum Gasteiger partial charge on any atom is -0.444 e. The molecule has 3 N–H and O–H groups in total. The third-order valence-corrected chi connectivity index (χ3v) is 2.70. The third kappa shape index (κ3) is 5.06. The number of rotatable bonds is 3. The van der Waals surface area contributed by atoms with E-state index in [1.807, 2.05) is 39.0 Å². The number of alkyl carbamates (subject to hydrolysis) is 1. The van der Waals surface area contributed by atoms with Crippen LogP contribution in [0.4, 0.5) is 4.79 Å². The van der Waals surface area contributed by atoms with E-state index in [4.69, 9.17) is 10.5 Å². The smallest absolute Gasteiger partial charge is 0.407 e. The van der Waals surface area contributed by atoms with Crippen LogP contribution < -0.4 is 11.1 Å². The fourth-order valence-corrected chi connectivity index (χ4v) is 1.85. The zero-order valence-electron chi connectivity index (χ0n) is 10.9. The number of nitrogens with two attached hydrogens (primary N) is 1. The molecule has 4 nitrogen and oxygen atoms in total. The zero-order valence-corrected chi connectivity index (χ0v) is 12.5. The Morgan fingerprint density at radius 3 is 2.61 bits per heavy atom. The third-order valence-electron chi connectivity index (χ3n) is 2.21. The second-order valence-corrected chi connectivity index (χ2v) is 5.89. The van der Waals surface area contributed by atoms with Gasteiger partial charge in [-0.25, -0.2) is 4.79 Å². The van der Waals surface area contributed by atoms with E-state index in [-0.39, 0.29) is 0 Å². The lowest BCUT2D eigenvalue weighted by Crippen LogP contribution is -2.32. The molecule has 1 rings (SSSR count). The summed E-state index contributed by atoms with van der Waals surface area (Å²) in [4.78, 5) is 11.5. The van der Waals surface area contributed by atoms with Crippen LogP contribution in [-0.4, -0.2) is 11.7 Å². The number of halogens is 1. The van der Waals surface area contributed by atoms with Crippen molar-refractivity contribution in [3.05, 3.63) is 33.8 Å². The lowest BCUT2D eigenvalue weighted by molar-refractivity contribution is 0.0523. The van der Waals surface area contributed by atoms with Gasteiger partial charge in [0, 0.05) is 17.6 Å². The number of benzene rings is 1. The Labute approximate surface area is 116 Å². The van der Waals surface area contributed by atoms with Gasteiger partial charge in [-0.2, -0.15) is 0 Å². The number of hydrogen-bond acceptors (Lipinski definition) is 3. The van der Waals surface area contributed by atoms with Crippen LogP contribution in [-0.2, 0) is 17.8 Å². The number of amides is 1. The number of carbonyl (C=O) groups excluding carboxylic acids is 1. The van der Waals surface area contributed by atoms with Crippen LogP contribution in [0.2, 0.25) is 0 Å². The summed E-state index contributed by atoms with van der Waals surface area (Å²) in [5.41, 5.74) is 7.17. The van der Waals surface area contributed by atoms with E-state index in [9.17, 15) is 4.79 Å². The molecule has 0 aliphatic rings. The van der Waals surface area contributed by atoms with Crippen molar-refractivity contribution >= 4 is 22.0 Å². The molecule has 0 aliphatic carbocycles. The molecule has 0 heterocycles. The molecular weight excluding hydrogens is 296 g/mol. The quantitative estimate of drug-likeness (QED) is 0.901. The van der Waals surface area contributed by atoms with Gasteiger partial charge in [-0.1, -0.05) is 22.0 Å². The van der Waals surface area contributed by atoms with E-state index in [2.05, 4.69) is 21.2 Å². The Bertz CT molecular complexity index is 427. The minimum absolute atomic E-state index is 0.411. The van der Waals surface area contributed by atoms with Crippen molar-refractivity contribution in [1.29, 1.82) is 0 Å². The molecule has 1 aromatic rings. The van der Waals surface area contributed by atoms with E-state index in [0.717, 1.165) is 15.6 Å². The Hall–Kier alpha value is -1.07. The molecule has 0 spiro atoms. The predicted molar refractivity (Wildman–Crippen MR) is 75.1 cm³/mol. The average molecular weight is 315 g/mol. The maximum absolute atomic E-state index is 11.5. The van der Waals surface area contributed by atoms with Crippen molar-refractivity contribution < 1.29 is 9.53 Å². The summed E-state index contributed by atoms with van der Waals surface area (Å²) in [6.45, 7) is 6.34. The first kappa shape index (κ1) is 15.0. The van der Waals surface area contributed by atoms with Crippen LogP contribution in [0.3, 0.4) is 0 Å². The maximum Gasteiger partial charge on any atom is 0.407 e. The second-order valence-electron chi connectivity index (χ2n) is 4.97. The Kier molecular flexibility index (Phi) is 5.16. The lowest BCUT2D eigenvalue weighted by Gasteiger charge is -2.20. The molecule has 0 aromatic heterocycles. The first-order valence-corrected chi connectivity index (χ1v) is 6.55. The minimum atomic E-state index is -0.486. The first-order valence-electron chi connectivity index (χ1n) is 5.76. The van der Waals surface area contributed by atoms with E-state index in [1.54, 1.807) is 0 Å². The summed E-state index contributed by atoms with van der Waals surface area (Å²) in [6, 6.07) is 5.81. The average Bonchev–Trinajstić information content (AvgIpc) is 2.24. The molecule has 1 aromatic carbocycles. The predicted octanol–water partition coefficient (Wildman–Crippen LogP) is 2.93. The summed E-state index contributed by atoms with van der Waals surface area (Å²) < 4.78 is 6.14. The van der Waals surface area contributed by atoms with Crippen molar-refractivity contribution in [2.45, 2.75) is 39.5 Å². The highest BCUT2D eigenvalue weighted by atomic mass is 79.9. The molecule has 18 heavy (non-hydrogen) atoms. The van der Waals surface area contributed by atoms with E-state index in [1.165, 1.54) is 0 Å². The van der Waals surface area contributed by atoms with Gasteiger partial charge in [-0.3, -0.25) is 0 Å². The van der Waals surface area contributed by atoms with Crippen molar-refractivity contribution in [2.24, 2.45) is 5.73 Å². The van der Waals surface area contributed by atoms with Crippen molar-refractivity contribution in [2.75, 3.05) is 0 Å². The largest absolute Gasteiger partial charge is 0.444 e. The van der Waals surface area contributed by atoms with Crippen LogP contribution in [0.15, 0.2) is 22.7 Å². The number of hydrogen-bond donors (Lipinski definition) is 2. The molecule has 0 saturated carbocycles. The monoisotopic (exact) mass is 314 g/mol. The highest BCUT2D eigenvalue weighted by molar-refractivity contribution is 9.10. The van der Waals surface area contributed by atoms with Gasteiger partial charge in [0.1, 0.15) is 5.60 Å². The van der Waals surface area contributed by atoms with Gasteiger partial charge in [0.2, 0.25) is 0 Å². The van der Waals surface area contributed by atoms with Crippen molar-refractivity contribution in [1.82, 2.24) is 5.32 Å². The van der Waals surface area contributed by atoms with Crippen LogP contribution in [0.25, 0.3) is 0 Å². The normalized spacial score (nSPS) is 11.2. The number of nitrogens with one attached hydrogen (secondary N) is 1. The Morgan fingerprint density at radius 1 is 1.39 bits per heavy atom. The fourth-order valence-electron chi connectivity index (χ4n) is 1.44. The molecule has 1 amide bonds. The highest BCUT2D eigenvalue weighted by Crippen LogP contribution is 2.16. The molecule has 5 heteroatoms. The van der Waals surface area contributed by atoms with Gasteiger partial charge in [-0.15, -0.1) is 0 Å². The highest BCUT2D eigenvalue weighted by Gasteiger charge is 2.15. The first-order chi connectivity index (χ1) is 8.31. The molecular formula is C13H19BrN2O2. The Balaban J connectivity index is 2.61. The van der Waals surface area contributed by atoms with Gasteiger partial charge in [0.15, 0.2) is 0 Å². The summed E-state index contributed by atoms with van der Waals surface area (Å²) in [5, 5.41) is 2.72. The maximum atomic E-state index is 11.5. The fraction of sp³-hybridized carbons (Fsp3) is 0.462. The summed E-state index contributed by atoms with van der Waals surface area (Å²) in [7, 11) is 0. The molecule has 0 atom stereocenters. The second kappa shape index (κ2) is 6.20. The van der Waals surface area contributed by atoms with E-state index < -0.39 is 11.7 Å². The van der Waals surface area contributed by atoms with E-state index in [0.29, 0.717) is 13.1 Å². The van der Waals surface area contributed by atoms with Crippen LogP contribution >= 0.6 is 15.9 Å². The zero-order chi connectivity index (χ0) is 13.8. The van der Waals surface area contributed by atoms with Crippen LogP contribution in [0.1, 0.15) is 31.9 Å². The molecule has 0 bridgehead atoms. The van der Waals surface area contributed by atoms with Crippen molar-refractivity contribution in [3.8, 4) is 0 Å². The van der Waals surface area contributed by atoms with Gasteiger partial charge in [0.25, 0.3) is 0 Å². The van der Waals surface area contributed by atoms with Gasteiger partial charge in [0.05, 0.1) is 0 Å². The molecule has 0 saturated heterocycles. The lowest BCUT2D eigenvalue weighted by atomic mass is 10.1. The topological polar surface area (TPSA) is 64.3 Å². The van der Waals surface area contributed by atoms with Crippen molar-refractivity contribution in [3.63, 3.8) is 0 Å². The molecule has 0 unspecified atom stereocenters. The summed E-state index contributed by atoms with van der Waals surface area (Å²) >= 11 is 3.39. The molecule has 0 radical (unpaired) electrons. The molecule has 0 aliphatic heterocycles.